The average Bonchev–Trinajstić information content (AvgIpc) is 2.88. The molecule has 6 N–H and O–H groups in total. The SMILES string of the molecule is COc1ccc(S(=O)(=O)N(C(=O)[C@@H]2Cc3ccccc3CN2)[C@@H](CCCN=C(N)N)C(=O)O)cc1OC. The number of benzene rings is 2. The summed E-state index contributed by atoms with van der Waals surface area (Å²) in [6.45, 7) is 0.401. The fourth-order valence-corrected chi connectivity index (χ4v) is 5.76. The molecule has 200 valence electrons. The molecule has 2 atom stereocenters. The minimum atomic E-state index is -4.64. The molecule has 1 amide bonds. The van der Waals surface area contributed by atoms with Gasteiger partial charge in [-0.15, -0.1) is 0 Å². The van der Waals surface area contributed by atoms with Crippen LogP contribution in [-0.2, 0) is 32.6 Å². The molecule has 0 saturated heterocycles. The highest BCUT2D eigenvalue weighted by Crippen LogP contribution is 2.32. The Morgan fingerprint density at radius 2 is 1.81 bits per heavy atom. The number of amides is 1. The van der Waals surface area contributed by atoms with Crippen LogP contribution in [0, 0.1) is 0 Å². The van der Waals surface area contributed by atoms with E-state index < -0.39 is 34.0 Å². The predicted octanol–water partition coefficient (Wildman–Crippen LogP) is 0.442. The van der Waals surface area contributed by atoms with Crippen molar-refractivity contribution in [1.29, 1.82) is 0 Å². The third-order valence-corrected chi connectivity index (χ3v) is 7.81. The highest BCUT2D eigenvalue weighted by molar-refractivity contribution is 7.89. The number of guanidine groups is 1. The monoisotopic (exact) mass is 533 g/mol. The van der Waals surface area contributed by atoms with Gasteiger partial charge in [0.25, 0.3) is 15.9 Å². The minimum absolute atomic E-state index is 0.0691. The summed E-state index contributed by atoms with van der Waals surface area (Å²) in [5, 5.41) is 13.1. The molecule has 0 unspecified atom stereocenters. The number of carbonyl (C=O) groups is 2. The van der Waals surface area contributed by atoms with Gasteiger partial charge in [-0.3, -0.25) is 9.79 Å². The molecular formula is C24H31N5O7S. The Bertz CT molecular complexity index is 1280. The third kappa shape index (κ3) is 6.30. The first kappa shape index (κ1) is 27.7. The van der Waals surface area contributed by atoms with Crippen molar-refractivity contribution < 1.29 is 32.6 Å². The number of fused-ring (bicyclic) bond motifs is 1. The van der Waals surface area contributed by atoms with E-state index in [1.807, 2.05) is 24.3 Å². The number of aliphatic imine (C=N–C) groups is 1. The van der Waals surface area contributed by atoms with Crippen LogP contribution in [0.25, 0.3) is 0 Å². The number of sulfonamides is 1. The Morgan fingerprint density at radius 3 is 2.43 bits per heavy atom. The lowest BCUT2D eigenvalue weighted by atomic mass is 9.95. The molecule has 1 heterocycles. The normalized spacial score (nSPS) is 15.7. The van der Waals surface area contributed by atoms with E-state index in [-0.39, 0.29) is 48.2 Å². The highest BCUT2D eigenvalue weighted by Gasteiger charge is 2.43. The van der Waals surface area contributed by atoms with E-state index in [0.717, 1.165) is 11.1 Å². The van der Waals surface area contributed by atoms with E-state index in [1.54, 1.807) is 0 Å². The molecule has 2 aromatic carbocycles. The quantitative estimate of drug-likeness (QED) is 0.179. The number of hydrogen-bond donors (Lipinski definition) is 4. The molecule has 1 aliphatic rings. The zero-order valence-electron chi connectivity index (χ0n) is 20.6. The minimum Gasteiger partial charge on any atom is -0.493 e. The number of ether oxygens (including phenoxy) is 2. The van der Waals surface area contributed by atoms with Gasteiger partial charge in [-0.05, 0) is 42.5 Å². The van der Waals surface area contributed by atoms with Crippen molar-refractivity contribution in [1.82, 2.24) is 9.62 Å². The van der Waals surface area contributed by atoms with Crippen molar-refractivity contribution in [3.05, 3.63) is 53.6 Å². The lowest BCUT2D eigenvalue weighted by Crippen LogP contribution is -2.56. The Balaban J connectivity index is 2.04. The number of hydrogen-bond acceptors (Lipinski definition) is 8. The van der Waals surface area contributed by atoms with Crippen LogP contribution in [-0.4, -0.2) is 68.5 Å². The molecule has 13 heteroatoms. The second-order valence-electron chi connectivity index (χ2n) is 8.37. The maximum Gasteiger partial charge on any atom is 0.327 e. The molecule has 0 radical (unpaired) electrons. The summed E-state index contributed by atoms with van der Waals surface area (Å²) in [4.78, 5) is 29.6. The first-order valence-electron chi connectivity index (χ1n) is 11.5. The molecular weight excluding hydrogens is 502 g/mol. The van der Waals surface area contributed by atoms with Gasteiger partial charge < -0.3 is 31.4 Å². The van der Waals surface area contributed by atoms with Crippen LogP contribution >= 0.6 is 0 Å². The second-order valence-corrected chi connectivity index (χ2v) is 10.2. The van der Waals surface area contributed by atoms with E-state index in [2.05, 4.69) is 10.3 Å². The van der Waals surface area contributed by atoms with Gasteiger partial charge in [0.1, 0.15) is 6.04 Å². The number of nitrogens with two attached hydrogens (primary N) is 2. The maximum atomic E-state index is 13.9. The Morgan fingerprint density at radius 1 is 1.14 bits per heavy atom. The van der Waals surface area contributed by atoms with Crippen LogP contribution in [0.3, 0.4) is 0 Å². The average molecular weight is 534 g/mol. The fourth-order valence-electron chi connectivity index (χ4n) is 4.15. The van der Waals surface area contributed by atoms with E-state index in [4.69, 9.17) is 20.9 Å². The molecule has 0 fully saturated rings. The summed E-state index contributed by atoms with van der Waals surface area (Å²) in [5.41, 5.74) is 12.5. The maximum absolute atomic E-state index is 13.9. The Kier molecular flexibility index (Phi) is 8.95. The number of carboxylic acids is 1. The summed E-state index contributed by atoms with van der Waals surface area (Å²) >= 11 is 0. The van der Waals surface area contributed by atoms with E-state index in [9.17, 15) is 23.1 Å². The Labute approximate surface area is 215 Å². The van der Waals surface area contributed by atoms with Crippen molar-refractivity contribution >= 4 is 27.9 Å². The zero-order valence-corrected chi connectivity index (χ0v) is 21.4. The zero-order chi connectivity index (χ0) is 27.2. The molecule has 37 heavy (non-hydrogen) atoms. The van der Waals surface area contributed by atoms with Gasteiger partial charge in [-0.25, -0.2) is 17.5 Å². The lowest BCUT2D eigenvalue weighted by molar-refractivity contribution is -0.147. The van der Waals surface area contributed by atoms with Crippen molar-refractivity contribution in [3.8, 4) is 11.5 Å². The summed E-state index contributed by atoms with van der Waals surface area (Å²) in [6, 6.07) is 8.61. The first-order chi connectivity index (χ1) is 17.6. The molecule has 0 spiro atoms. The van der Waals surface area contributed by atoms with Crippen LogP contribution in [0.2, 0.25) is 0 Å². The summed E-state index contributed by atoms with van der Waals surface area (Å²) < 4.78 is 38.6. The molecule has 12 nitrogen and oxygen atoms in total. The lowest BCUT2D eigenvalue weighted by Gasteiger charge is -2.33. The van der Waals surface area contributed by atoms with Gasteiger partial charge in [0.15, 0.2) is 17.5 Å². The topological polar surface area (TPSA) is 187 Å². The molecule has 0 aliphatic carbocycles. The van der Waals surface area contributed by atoms with Gasteiger partial charge in [-0.2, -0.15) is 0 Å². The largest absolute Gasteiger partial charge is 0.493 e. The van der Waals surface area contributed by atoms with Crippen LogP contribution in [0.5, 0.6) is 11.5 Å². The first-order valence-corrected chi connectivity index (χ1v) is 12.9. The van der Waals surface area contributed by atoms with Crippen molar-refractivity contribution in [2.45, 2.75) is 42.8 Å². The van der Waals surface area contributed by atoms with Crippen molar-refractivity contribution in [3.63, 3.8) is 0 Å². The number of methoxy groups -OCH3 is 2. The molecule has 2 aromatic rings. The summed E-state index contributed by atoms with van der Waals surface area (Å²) in [6.07, 6.45) is 0.127. The van der Waals surface area contributed by atoms with E-state index in [1.165, 1.54) is 32.4 Å². The van der Waals surface area contributed by atoms with Crippen LogP contribution in [0.15, 0.2) is 52.4 Å². The van der Waals surface area contributed by atoms with Gasteiger partial charge in [-0.1, -0.05) is 24.3 Å². The summed E-state index contributed by atoms with van der Waals surface area (Å²) in [7, 11) is -1.91. The number of carboxylic acid groups (broad SMARTS) is 1. The number of nitrogens with zero attached hydrogens (tertiary/aromatic N) is 2. The second kappa shape index (κ2) is 11.9. The van der Waals surface area contributed by atoms with Gasteiger partial charge in [0, 0.05) is 19.2 Å². The number of nitrogens with one attached hydrogen (secondary N) is 1. The van der Waals surface area contributed by atoms with Crippen LogP contribution in [0.4, 0.5) is 0 Å². The van der Waals surface area contributed by atoms with E-state index >= 15 is 0 Å². The van der Waals surface area contributed by atoms with Crippen molar-refractivity contribution in [2.75, 3.05) is 20.8 Å². The molecule has 0 bridgehead atoms. The van der Waals surface area contributed by atoms with Crippen LogP contribution < -0.4 is 26.3 Å². The van der Waals surface area contributed by atoms with Crippen molar-refractivity contribution in [2.24, 2.45) is 16.5 Å². The third-order valence-electron chi connectivity index (χ3n) is 6.01. The number of carbonyl (C=O) groups excluding carboxylic acids is 1. The van der Waals surface area contributed by atoms with Crippen LogP contribution in [0.1, 0.15) is 24.0 Å². The number of aliphatic carboxylic acids is 1. The Hall–Kier alpha value is -3.84. The molecule has 0 aromatic heterocycles. The predicted molar refractivity (Wildman–Crippen MR) is 136 cm³/mol. The number of rotatable bonds is 11. The smallest absolute Gasteiger partial charge is 0.327 e. The molecule has 0 saturated carbocycles. The highest BCUT2D eigenvalue weighted by atomic mass is 32.2. The van der Waals surface area contributed by atoms with E-state index in [0.29, 0.717) is 10.8 Å². The van der Waals surface area contributed by atoms with Gasteiger partial charge >= 0.3 is 5.97 Å². The molecule has 3 rings (SSSR count). The molecule has 1 aliphatic heterocycles. The fraction of sp³-hybridized carbons (Fsp3) is 0.375. The van der Waals surface area contributed by atoms with Gasteiger partial charge in [0.2, 0.25) is 0 Å². The summed E-state index contributed by atoms with van der Waals surface area (Å²) in [5.74, 6) is -2.14. The van der Waals surface area contributed by atoms with Gasteiger partial charge in [0.05, 0.1) is 25.2 Å². The standard InChI is InChI=1S/C24H31N5O7S/c1-35-20-10-9-17(13-21(20)36-2)37(33,34)29(19(23(31)32)8-5-11-27-24(25)26)22(30)18-12-15-6-3-4-7-16(15)14-28-18/h3-4,6-7,9-10,13,18-19,28H,5,8,11-12,14H2,1-2H3,(H,31,32)(H4,25,26,27)/t18-,19-/m0/s1.